The lowest BCUT2D eigenvalue weighted by molar-refractivity contribution is 0.193. The first-order valence-corrected chi connectivity index (χ1v) is 9.20. The molecular weight excluding hydrogens is 324 g/mol. The zero-order valence-electron chi connectivity index (χ0n) is 14.9. The Bertz CT molecular complexity index is 1060. The first-order chi connectivity index (χ1) is 12.8. The number of aryl methyl sites for hydroxylation is 1. The lowest BCUT2D eigenvalue weighted by Gasteiger charge is -2.32. The summed E-state index contributed by atoms with van der Waals surface area (Å²) in [6, 6.07) is 12.6. The molecular formula is C20H22N6. The van der Waals surface area contributed by atoms with Gasteiger partial charge in [0.25, 0.3) is 0 Å². The second kappa shape index (κ2) is 6.21. The van der Waals surface area contributed by atoms with Crippen LogP contribution in [0.3, 0.4) is 0 Å². The van der Waals surface area contributed by atoms with Gasteiger partial charge in [-0.15, -0.1) is 0 Å². The zero-order chi connectivity index (χ0) is 17.5. The number of likely N-dealkylation sites (tertiary alicyclic amines) is 1. The van der Waals surface area contributed by atoms with E-state index in [1.54, 1.807) is 0 Å². The molecule has 3 aromatic heterocycles. The lowest BCUT2D eigenvalue weighted by Crippen LogP contribution is -2.34. The van der Waals surface area contributed by atoms with Crippen molar-refractivity contribution in [2.24, 2.45) is 7.05 Å². The van der Waals surface area contributed by atoms with Gasteiger partial charge in [0.1, 0.15) is 5.82 Å². The van der Waals surface area contributed by atoms with Gasteiger partial charge < -0.3 is 4.57 Å². The molecule has 1 N–H and O–H groups in total. The van der Waals surface area contributed by atoms with E-state index < -0.39 is 0 Å². The normalized spacial score (nSPS) is 18.7. The van der Waals surface area contributed by atoms with Crippen LogP contribution in [-0.4, -0.2) is 42.7 Å². The average molecular weight is 346 g/mol. The van der Waals surface area contributed by atoms with Crippen molar-refractivity contribution in [2.75, 3.05) is 13.1 Å². The summed E-state index contributed by atoms with van der Waals surface area (Å²) in [6.45, 7) is 3.02. The second-order valence-electron chi connectivity index (χ2n) is 7.19. The maximum absolute atomic E-state index is 4.83. The van der Waals surface area contributed by atoms with Gasteiger partial charge in [-0.2, -0.15) is 5.10 Å². The summed E-state index contributed by atoms with van der Waals surface area (Å²) in [4.78, 5) is 12.1. The van der Waals surface area contributed by atoms with Crippen molar-refractivity contribution in [1.82, 2.24) is 29.6 Å². The number of nitrogens with one attached hydrogen (secondary N) is 1. The minimum Gasteiger partial charge on any atom is -0.330 e. The Hall–Kier alpha value is -2.73. The van der Waals surface area contributed by atoms with E-state index >= 15 is 0 Å². The third-order valence-corrected chi connectivity index (χ3v) is 5.49. The number of rotatable bonds is 3. The summed E-state index contributed by atoms with van der Waals surface area (Å²) >= 11 is 0. The molecule has 6 heteroatoms. The van der Waals surface area contributed by atoms with E-state index in [0.717, 1.165) is 47.7 Å². The number of aromatic nitrogens is 5. The van der Waals surface area contributed by atoms with Crippen LogP contribution in [0.25, 0.3) is 22.1 Å². The van der Waals surface area contributed by atoms with Gasteiger partial charge in [0.15, 0.2) is 5.65 Å². The van der Waals surface area contributed by atoms with Crippen LogP contribution in [0.4, 0.5) is 0 Å². The minimum atomic E-state index is 0.464. The molecule has 4 aromatic rings. The Kier molecular flexibility index (Phi) is 3.71. The van der Waals surface area contributed by atoms with Gasteiger partial charge in [0.2, 0.25) is 0 Å². The number of piperidine rings is 1. The molecule has 4 heterocycles. The zero-order valence-corrected chi connectivity index (χ0v) is 14.9. The molecule has 0 aliphatic carbocycles. The SMILES string of the molecule is Cn1c(CN2CCCC(c3ccc4cn[nH]c4n3)C2)nc2ccccc21. The summed E-state index contributed by atoms with van der Waals surface area (Å²) in [7, 11) is 2.11. The largest absolute Gasteiger partial charge is 0.330 e. The Labute approximate surface area is 151 Å². The number of hydrogen-bond donors (Lipinski definition) is 1. The third-order valence-electron chi connectivity index (χ3n) is 5.49. The highest BCUT2D eigenvalue weighted by Gasteiger charge is 2.24. The molecule has 0 saturated carbocycles. The van der Waals surface area contributed by atoms with Crippen molar-refractivity contribution < 1.29 is 0 Å². The number of nitrogens with zero attached hydrogens (tertiary/aromatic N) is 5. The monoisotopic (exact) mass is 346 g/mol. The van der Waals surface area contributed by atoms with Crippen LogP contribution in [0.1, 0.15) is 30.3 Å². The number of imidazole rings is 1. The maximum atomic E-state index is 4.83. The molecule has 5 rings (SSSR count). The molecule has 1 aliphatic rings. The van der Waals surface area contributed by atoms with E-state index in [2.05, 4.69) is 57.0 Å². The predicted octanol–water partition coefficient (Wildman–Crippen LogP) is 3.22. The van der Waals surface area contributed by atoms with Crippen LogP contribution < -0.4 is 0 Å². The van der Waals surface area contributed by atoms with Gasteiger partial charge in [-0.1, -0.05) is 12.1 Å². The van der Waals surface area contributed by atoms with Crippen molar-refractivity contribution in [3.63, 3.8) is 0 Å². The standard InChI is InChI=1S/C20H22N6/c1-25-18-7-3-2-6-17(18)22-19(25)13-26-10-4-5-15(12-26)16-9-8-14-11-21-24-20(14)23-16/h2-3,6-9,11,15H,4-5,10,12-13H2,1H3,(H,21,23,24). The molecule has 0 spiro atoms. The second-order valence-corrected chi connectivity index (χ2v) is 7.19. The van der Waals surface area contributed by atoms with Crippen LogP contribution in [0, 0.1) is 0 Å². The van der Waals surface area contributed by atoms with E-state index in [4.69, 9.17) is 9.97 Å². The average Bonchev–Trinajstić information content (AvgIpc) is 3.27. The summed E-state index contributed by atoms with van der Waals surface area (Å²) in [5.41, 5.74) is 4.32. The maximum Gasteiger partial charge on any atom is 0.155 e. The molecule has 1 atom stereocenters. The number of aromatic amines is 1. The summed E-state index contributed by atoms with van der Waals surface area (Å²) in [6.07, 6.45) is 4.20. The fourth-order valence-electron chi connectivity index (χ4n) is 4.05. The Morgan fingerprint density at radius 3 is 3.00 bits per heavy atom. The first kappa shape index (κ1) is 15.5. The predicted molar refractivity (Wildman–Crippen MR) is 102 cm³/mol. The van der Waals surface area contributed by atoms with Crippen molar-refractivity contribution in [3.8, 4) is 0 Å². The Morgan fingerprint density at radius 2 is 2.08 bits per heavy atom. The molecule has 1 aliphatic heterocycles. The summed E-state index contributed by atoms with van der Waals surface area (Å²) in [5.74, 6) is 1.59. The quantitative estimate of drug-likeness (QED) is 0.619. The molecule has 0 amide bonds. The van der Waals surface area contributed by atoms with Gasteiger partial charge in [-0.3, -0.25) is 10.00 Å². The van der Waals surface area contributed by atoms with Crippen molar-refractivity contribution in [2.45, 2.75) is 25.3 Å². The number of para-hydroxylation sites is 2. The summed E-state index contributed by atoms with van der Waals surface area (Å²) in [5, 5.41) is 8.13. The number of benzene rings is 1. The third kappa shape index (κ3) is 2.66. The Morgan fingerprint density at radius 1 is 1.15 bits per heavy atom. The highest BCUT2D eigenvalue weighted by molar-refractivity contribution is 5.75. The molecule has 1 fully saturated rings. The van der Waals surface area contributed by atoms with Crippen LogP contribution in [0.2, 0.25) is 0 Å². The number of pyridine rings is 1. The number of H-pyrrole nitrogens is 1. The highest BCUT2D eigenvalue weighted by atomic mass is 15.2. The van der Waals surface area contributed by atoms with Crippen molar-refractivity contribution >= 4 is 22.1 Å². The molecule has 0 radical (unpaired) electrons. The Balaban J connectivity index is 1.37. The molecule has 26 heavy (non-hydrogen) atoms. The fraction of sp³-hybridized carbons (Fsp3) is 0.350. The first-order valence-electron chi connectivity index (χ1n) is 9.20. The number of fused-ring (bicyclic) bond motifs is 2. The smallest absolute Gasteiger partial charge is 0.155 e. The van der Waals surface area contributed by atoms with E-state index in [9.17, 15) is 0 Å². The molecule has 132 valence electrons. The number of hydrogen-bond acceptors (Lipinski definition) is 4. The minimum absolute atomic E-state index is 0.464. The fourth-order valence-corrected chi connectivity index (χ4v) is 4.05. The molecule has 0 bridgehead atoms. The molecule has 6 nitrogen and oxygen atoms in total. The van der Waals surface area contributed by atoms with Crippen molar-refractivity contribution in [3.05, 3.63) is 54.1 Å². The van der Waals surface area contributed by atoms with Gasteiger partial charge in [0.05, 0.1) is 23.8 Å². The van der Waals surface area contributed by atoms with E-state index in [-0.39, 0.29) is 0 Å². The van der Waals surface area contributed by atoms with E-state index in [1.807, 2.05) is 12.3 Å². The highest BCUT2D eigenvalue weighted by Crippen LogP contribution is 2.28. The molecule has 1 aromatic carbocycles. The van der Waals surface area contributed by atoms with Gasteiger partial charge in [0, 0.05) is 30.6 Å². The molecule has 1 saturated heterocycles. The topological polar surface area (TPSA) is 62.6 Å². The van der Waals surface area contributed by atoms with Gasteiger partial charge >= 0.3 is 0 Å². The van der Waals surface area contributed by atoms with Gasteiger partial charge in [-0.25, -0.2) is 9.97 Å². The van der Waals surface area contributed by atoms with Crippen LogP contribution in [0.5, 0.6) is 0 Å². The molecule has 1 unspecified atom stereocenters. The van der Waals surface area contributed by atoms with Crippen LogP contribution >= 0.6 is 0 Å². The van der Waals surface area contributed by atoms with E-state index in [1.165, 1.54) is 18.4 Å². The van der Waals surface area contributed by atoms with Gasteiger partial charge in [-0.05, 0) is 43.7 Å². The van der Waals surface area contributed by atoms with Crippen LogP contribution in [-0.2, 0) is 13.6 Å². The van der Waals surface area contributed by atoms with Crippen molar-refractivity contribution in [1.29, 1.82) is 0 Å². The lowest BCUT2D eigenvalue weighted by atomic mass is 9.94. The van der Waals surface area contributed by atoms with Crippen LogP contribution in [0.15, 0.2) is 42.6 Å². The van der Waals surface area contributed by atoms with E-state index in [0.29, 0.717) is 5.92 Å². The summed E-state index contributed by atoms with van der Waals surface area (Å²) < 4.78 is 2.22.